The van der Waals surface area contributed by atoms with Gasteiger partial charge in [0, 0.05) is 19.0 Å². The number of nitrogens with zero attached hydrogens (tertiary/aromatic N) is 1. The summed E-state index contributed by atoms with van der Waals surface area (Å²) in [5.74, 6) is -0.162. The van der Waals surface area contributed by atoms with Crippen LogP contribution in [0.3, 0.4) is 0 Å². The first-order valence-electron chi connectivity index (χ1n) is 10.7. The zero-order valence-corrected chi connectivity index (χ0v) is 17.5. The van der Waals surface area contributed by atoms with E-state index in [0.29, 0.717) is 32.2 Å². The van der Waals surface area contributed by atoms with Gasteiger partial charge < -0.3 is 19.1 Å². The summed E-state index contributed by atoms with van der Waals surface area (Å²) < 4.78 is 16.8. The molecule has 1 aromatic rings. The van der Waals surface area contributed by atoms with Crippen molar-refractivity contribution in [1.82, 2.24) is 4.90 Å². The van der Waals surface area contributed by atoms with Crippen LogP contribution in [-0.2, 0) is 23.8 Å². The minimum absolute atomic E-state index is 0.0209. The van der Waals surface area contributed by atoms with Gasteiger partial charge in [-0.15, -0.1) is 0 Å². The maximum absolute atomic E-state index is 13.3. The zero-order chi connectivity index (χ0) is 20.6. The highest BCUT2D eigenvalue weighted by molar-refractivity contribution is 5.83. The van der Waals surface area contributed by atoms with E-state index in [9.17, 15) is 9.59 Å². The second-order valence-electron chi connectivity index (χ2n) is 8.91. The van der Waals surface area contributed by atoms with Gasteiger partial charge >= 0.3 is 5.97 Å². The van der Waals surface area contributed by atoms with Crippen LogP contribution in [-0.4, -0.2) is 55.0 Å². The van der Waals surface area contributed by atoms with Crippen LogP contribution in [0.25, 0.3) is 0 Å². The second kappa shape index (κ2) is 8.07. The largest absolute Gasteiger partial charge is 0.466 e. The summed E-state index contributed by atoms with van der Waals surface area (Å²) in [5.41, 5.74) is 1.23. The molecule has 29 heavy (non-hydrogen) atoms. The molecule has 1 saturated heterocycles. The van der Waals surface area contributed by atoms with E-state index in [1.807, 2.05) is 43.9 Å². The maximum Gasteiger partial charge on any atom is 0.309 e. The van der Waals surface area contributed by atoms with Crippen LogP contribution in [0, 0.1) is 17.8 Å². The molecule has 3 fully saturated rings. The Hall–Kier alpha value is -1.92. The number of rotatable bonds is 8. The Morgan fingerprint density at radius 2 is 1.90 bits per heavy atom. The van der Waals surface area contributed by atoms with Gasteiger partial charge in [0.15, 0.2) is 5.79 Å². The molecule has 1 aromatic carbocycles. The van der Waals surface area contributed by atoms with Crippen LogP contribution in [0.2, 0.25) is 0 Å². The average Bonchev–Trinajstić information content (AvgIpc) is 3.60. The number of carbonyl (C=O) groups excluding carboxylic acids is 2. The topological polar surface area (TPSA) is 65.1 Å². The molecule has 4 rings (SSSR count). The molecule has 0 bridgehead atoms. The van der Waals surface area contributed by atoms with Crippen LogP contribution >= 0.6 is 0 Å². The Labute approximate surface area is 172 Å². The summed E-state index contributed by atoms with van der Waals surface area (Å²) in [5, 5.41) is 0. The fourth-order valence-corrected chi connectivity index (χ4v) is 4.39. The van der Waals surface area contributed by atoms with Gasteiger partial charge in [-0.2, -0.15) is 0 Å². The third kappa shape index (κ3) is 4.81. The first-order valence-corrected chi connectivity index (χ1v) is 10.7. The number of hydrogen-bond donors (Lipinski definition) is 0. The molecule has 6 heteroatoms. The molecule has 0 radical (unpaired) electrons. The summed E-state index contributed by atoms with van der Waals surface area (Å²) >= 11 is 0. The van der Waals surface area contributed by atoms with Gasteiger partial charge in [0.2, 0.25) is 5.91 Å². The van der Waals surface area contributed by atoms with Gasteiger partial charge in [-0.05, 0) is 51.0 Å². The van der Waals surface area contributed by atoms with Gasteiger partial charge in [-0.3, -0.25) is 9.59 Å². The summed E-state index contributed by atoms with van der Waals surface area (Å²) in [7, 11) is 0. The van der Waals surface area contributed by atoms with Crippen molar-refractivity contribution in [2.24, 2.45) is 17.8 Å². The Bertz CT molecular complexity index is 749. The Morgan fingerprint density at radius 1 is 1.14 bits per heavy atom. The Kier molecular flexibility index (Phi) is 5.67. The molecule has 2 aliphatic carbocycles. The van der Waals surface area contributed by atoms with Crippen molar-refractivity contribution in [2.75, 3.05) is 26.3 Å². The van der Waals surface area contributed by atoms with Gasteiger partial charge in [0.05, 0.1) is 19.1 Å². The standard InChI is InChI=1S/C23H31NO5/c1-4-27-22(26)19-10-16(19)12-24(13-17-14-28-23(2,3)29-17)21(25)20-11-18(20)15-8-6-5-7-9-15/h5-9,16-20H,4,10-14H2,1-3H3/t16-,17+,18-,19+,20+/m0/s1. The number of ether oxygens (including phenoxy) is 3. The van der Waals surface area contributed by atoms with Crippen LogP contribution in [0.4, 0.5) is 0 Å². The lowest BCUT2D eigenvalue weighted by Crippen LogP contribution is -2.41. The zero-order valence-electron chi connectivity index (χ0n) is 17.5. The lowest BCUT2D eigenvalue weighted by Gasteiger charge is -2.26. The molecule has 1 heterocycles. The van der Waals surface area contributed by atoms with E-state index in [0.717, 1.165) is 12.8 Å². The normalized spacial score (nSPS) is 31.9. The van der Waals surface area contributed by atoms with Crippen molar-refractivity contribution in [3.05, 3.63) is 35.9 Å². The predicted octanol–water partition coefficient (Wildman–Crippen LogP) is 2.97. The smallest absolute Gasteiger partial charge is 0.309 e. The monoisotopic (exact) mass is 401 g/mol. The molecular formula is C23H31NO5. The summed E-state index contributed by atoms with van der Waals surface area (Å²) in [6.07, 6.45) is 1.55. The van der Waals surface area contributed by atoms with E-state index in [2.05, 4.69) is 12.1 Å². The lowest BCUT2D eigenvalue weighted by atomic mass is 10.1. The molecule has 0 aromatic heterocycles. The minimum Gasteiger partial charge on any atom is -0.466 e. The Morgan fingerprint density at radius 3 is 2.55 bits per heavy atom. The molecule has 0 unspecified atom stereocenters. The lowest BCUT2D eigenvalue weighted by molar-refractivity contribution is -0.148. The molecule has 1 amide bonds. The van der Waals surface area contributed by atoms with Crippen LogP contribution in [0.5, 0.6) is 0 Å². The minimum atomic E-state index is -0.613. The fourth-order valence-electron chi connectivity index (χ4n) is 4.39. The summed E-state index contributed by atoms with van der Waals surface area (Å²) in [6.45, 7) is 7.57. The van der Waals surface area contributed by atoms with Gasteiger partial charge in [0.1, 0.15) is 6.10 Å². The first-order chi connectivity index (χ1) is 13.9. The van der Waals surface area contributed by atoms with Crippen molar-refractivity contribution in [2.45, 2.75) is 51.4 Å². The second-order valence-corrected chi connectivity index (χ2v) is 8.91. The van der Waals surface area contributed by atoms with Crippen molar-refractivity contribution < 1.29 is 23.8 Å². The van der Waals surface area contributed by atoms with E-state index in [-0.39, 0.29) is 35.7 Å². The van der Waals surface area contributed by atoms with Crippen molar-refractivity contribution >= 4 is 11.9 Å². The van der Waals surface area contributed by atoms with E-state index >= 15 is 0 Å². The highest BCUT2D eigenvalue weighted by Gasteiger charge is 2.50. The number of hydrogen-bond acceptors (Lipinski definition) is 5. The molecular weight excluding hydrogens is 370 g/mol. The van der Waals surface area contributed by atoms with E-state index < -0.39 is 5.79 Å². The highest BCUT2D eigenvalue weighted by atomic mass is 16.7. The van der Waals surface area contributed by atoms with Gasteiger partial charge in [-0.1, -0.05) is 30.3 Å². The summed E-state index contributed by atoms with van der Waals surface area (Å²) in [6, 6.07) is 10.2. The SMILES string of the molecule is CCOC(=O)[C@@H]1C[C@H]1CN(C[C@@H]1COC(C)(C)O1)C(=O)[C@@H]1C[C@H]1c1ccccc1. The Balaban J connectivity index is 1.40. The molecule has 158 valence electrons. The van der Waals surface area contributed by atoms with Gasteiger partial charge in [-0.25, -0.2) is 0 Å². The molecule has 3 aliphatic rings. The number of benzene rings is 1. The molecule has 1 aliphatic heterocycles. The van der Waals surface area contributed by atoms with E-state index in [4.69, 9.17) is 14.2 Å². The van der Waals surface area contributed by atoms with Crippen LogP contribution < -0.4 is 0 Å². The third-order valence-corrected chi connectivity index (χ3v) is 6.11. The van der Waals surface area contributed by atoms with E-state index in [1.54, 1.807) is 0 Å². The van der Waals surface area contributed by atoms with Crippen molar-refractivity contribution in [1.29, 1.82) is 0 Å². The molecule has 6 nitrogen and oxygen atoms in total. The number of amides is 1. The average molecular weight is 402 g/mol. The van der Waals surface area contributed by atoms with Gasteiger partial charge in [0.25, 0.3) is 0 Å². The highest BCUT2D eigenvalue weighted by Crippen LogP contribution is 2.49. The number of carbonyl (C=O) groups is 2. The maximum atomic E-state index is 13.3. The number of esters is 1. The summed E-state index contributed by atoms with van der Waals surface area (Å²) in [4.78, 5) is 27.2. The van der Waals surface area contributed by atoms with Crippen LogP contribution in [0.15, 0.2) is 30.3 Å². The molecule has 0 N–H and O–H groups in total. The van der Waals surface area contributed by atoms with Crippen molar-refractivity contribution in [3.63, 3.8) is 0 Å². The molecule has 2 saturated carbocycles. The first kappa shape index (κ1) is 20.4. The van der Waals surface area contributed by atoms with E-state index in [1.165, 1.54) is 5.56 Å². The fraction of sp³-hybridized carbons (Fsp3) is 0.652. The van der Waals surface area contributed by atoms with Crippen LogP contribution in [0.1, 0.15) is 45.1 Å². The third-order valence-electron chi connectivity index (χ3n) is 6.11. The van der Waals surface area contributed by atoms with Crippen molar-refractivity contribution in [3.8, 4) is 0 Å². The predicted molar refractivity (Wildman–Crippen MR) is 107 cm³/mol. The molecule has 0 spiro atoms. The molecule has 5 atom stereocenters. The quantitative estimate of drug-likeness (QED) is 0.627.